The van der Waals surface area contributed by atoms with Gasteiger partial charge in [0.2, 0.25) is 0 Å². The molecule has 0 saturated carbocycles. The molecule has 1 aromatic carbocycles. The monoisotopic (exact) mass is 272 g/mol. The first kappa shape index (κ1) is 13.0. The Labute approximate surface area is 116 Å². The summed E-state index contributed by atoms with van der Waals surface area (Å²) in [7, 11) is 0. The van der Waals surface area contributed by atoms with Crippen molar-refractivity contribution >= 4 is 17.0 Å². The average Bonchev–Trinajstić information content (AvgIpc) is 2.90. The fourth-order valence-electron chi connectivity index (χ4n) is 2.35. The summed E-state index contributed by atoms with van der Waals surface area (Å²) in [6, 6.07) is 5.17. The van der Waals surface area contributed by atoms with Crippen molar-refractivity contribution in [2.24, 2.45) is 0 Å². The van der Waals surface area contributed by atoms with Gasteiger partial charge in [-0.1, -0.05) is 0 Å². The lowest BCUT2D eigenvalue weighted by Gasteiger charge is -2.11. The molecular weight excluding hydrogens is 256 g/mol. The Morgan fingerprint density at radius 1 is 1.30 bits per heavy atom. The lowest BCUT2D eigenvalue weighted by atomic mass is 10.2. The molecule has 104 valence electrons. The molecule has 2 atom stereocenters. The predicted molar refractivity (Wildman–Crippen MR) is 73.4 cm³/mol. The van der Waals surface area contributed by atoms with Gasteiger partial charge in [0.15, 0.2) is 0 Å². The number of hydrogen-bond acceptors (Lipinski definition) is 5. The Bertz CT molecular complexity index is 629. The van der Waals surface area contributed by atoms with Crippen LogP contribution in [0.15, 0.2) is 30.6 Å². The Hall–Kier alpha value is -2.01. The summed E-state index contributed by atoms with van der Waals surface area (Å²) in [5.41, 5.74) is 1.94. The summed E-state index contributed by atoms with van der Waals surface area (Å²) in [6.07, 6.45) is 5.47. The first-order chi connectivity index (χ1) is 9.72. The van der Waals surface area contributed by atoms with Gasteiger partial charge in [-0.05, 0) is 38.0 Å². The zero-order valence-electron chi connectivity index (χ0n) is 11.3. The molecule has 0 N–H and O–H groups in total. The Morgan fingerprint density at radius 2 is 2.10 bits per heavy atom. The molecule has 1 aliphatic heterocycles. The third-order valence-corrected chi connectivity index (χ3v) is 3.43. The van der Waals surface area contributed by atoms with Crippen molar-refractivity contribution in [1.82, 2.24) is 9.97 Å². The van der Waals surface area contributed by atoms with E-state index in [9.17, 15) is 4.79 Å². The van der Waals surface area contributed by atoms with Crippen LogP contribution in [0.3, 0.4) is 0 Å². The standard InChI is InChI=1S/C15H16N2O3/c1-10-2-4-12(20-10)9-19-15(18)11-3-5-13-14(8-11)17-7-6-16-13/h3,5-8,10,12H,2,4,9H2,1H3/t10-,12-/m0/s1. The van der Waals surface area contributed by atoms with Gasteiger partial charge in [-0.15, -0.1) is 0 Å². The number of ether oxygens (including phenoxy) is 2. The van der Waals surface area contributed by atoms with E-state index >= 15 is 0 Å². The topological polar surface area (TPSA) is 61.3 Å². The predicted octanol–water partition coefficient (Wildman–Crippen LogP) is 2.35. The fraction of sp³-hybridized carbons (Fsp3) is 0.400. The van der Waals surface area contributed by atoms with E-state index in [1.165, 1.54) is 0 Å². The van der Waals surface area contributed by atoms with Crippen LogP contribution in [0.1, 0.15) is 30.1 Å². The number of fused-ring (bicyclic) bond motifs is 1. The van der Waals surface area contributed by atoms with Gasteiger partial charge >= 0.3 is 5.97 Å². The third kappa shape index (κ3) is 2.77. The maximum atomic E-state index is 12.0. The number of carbonyl (C=O) groups is 1. The molecule has 1 aliphatic rings. The van der Waals surface area contributed by atoms with Crippen LogP contribution in [0.4, 0.5) is 0 Å². The minimum atomic E-state index is -0.347. The van der Waals surface area contributed by atoms with Crippen LogP contribution in [0.25, 0.3) is 11.0 Å². The molecule has 5 nitrogen and oxygen atoms in total. The van der Waals surface area contributed by atoms with Crippen LogP contribution in [0, 0.1) is 0 Å². The highest BCUT2D eigenvalue weighted by Crippen LogP contribution is 2.19. The number of aromatic nitrogens is 2. The SMILES string of the molecule is C[C@H]1CC[C@@H](COC(=O)c2ccc3nccnc3c2)O1. The van der Waals surface area contributed by atoms with E-state index in [1.54, 1.807) is 30.6 Å². The van der Waals surface area contributed by atoms with E-state index in [4.69, 9.17) is 9.47 Å². The highest BCUT2D eigenvalue weighted by atomic mass is 16.6. The molecule has 3 rings (SSSR count). The van der Waals surface area contributed by atoms with E-state index in [-0.39, 0.29) is 18.2 Å². The van der Waals surface area contributed by atoms with E-state index in [0.717, 1.165) is 18.4 Å². The highest BCUT2D eigenvalue weighted by molar-refractivity contribution is 5.93. The van der Waals surface area contributed by atoms with Crippen LogP contribution in [-0.4, -0.2) is 34.8 Å². The normalized spacial score (nSPS) is 22.1. The zero-order chi connectivity index (χ0) is 13.9. The molecule has 0 amide bonds. The van der Waals surface area contributed by atoms with Crippen LogP contribution < -0.4 is 0 Å². The molecule has 1 saturated heterocycles. The van der Waals surface area contributed by atoms with E-state index in [0.29, 0.717) is 17.7 Å². The zero-order valence-corrected chi connectivity index (χ0v) is 11.3. The molecule has 1 fully saturated rings. The average molecular weight is 272 g/mol. The molecule has 1 aromatic heterocycles. The lowest BCUT2D eigenvalue weighted by molar-refractivity contribution is -0.00265. The smallest absolute Gasteiger partial charge is 0.338 e. The maximum absolute atomic E-state index is 12.0. The van der Waals surface area contributed by atoms with Gasteiger partial charge in [-0.25, -0.2) is 4.79 Å². The first-order valence-corrected chi connectivity index (χ1v) is 6.76. The van der Waals surface area contributed by atoms with Crippen LogP contribution >= 0.6 is 0 Å². The summed E-state index contributed by atoms with van der Waals surface area (Å²) < 4.78 is 10.9. The van der Waals surface area contributed by atoms with Crippen molar-refractivity contribution in [3.63, 3.8) is 0 Å². The van der Waals surface area contributed by atoms with Gasteiger partial charge in [0, 0.05) is 12.4 Å². The first-order valence-electron chi connectivity index (χ1n) is 6.76. The number of carbonyl (C=O) groups excluding carboxylic acids is 1. The molecule has 2 heterocycles. The van der Waals surface area contributed by atoms with Gasteiger partial charge in [0.25, 0.3) is 0 Å². The van der Waals surface area contributed by atoms with Crippen molar-refractivity contribution in [2.75, 3.05) is 6.61 Å². The quantitative estimate of drug-likeness (QED) is 0.803. The lowest BCUT2D eigenvalue weighted by Crippen LogP contribution is -2.19. The Kier molecular flexibility index (Phi) is 3.60. The molecule has 0 radical (unpaired) electrons. The second-order valence-electron chi connectivity index (χ2n) is 5.00. The van der Waals surface area contributed by atoms with Crippen LogP contribution in [-0.2, 0) is 9.47 Å². The number of hydrogen-bond donors (Lipinski definition) is 0. The summed E-state index contributed by atoms with van der Waals surface area (Å²) in [4.78, 5) is 20.3. The number of benzene rings is 1. The van der Waals surface area contributed by atoms with Crippen LogP contribution in [0.2, 0.25) is 0 Å². The third-order valence-electron chi connectivity index (χ3n) is 3.43. The summed E-state index contributed by atoms with van der Waals surface area (Å²) in [5, 5.41) is 0. The van der Waals surface area contributed by atoms with Crippen molar-refractivity contribution in [3.8, 4) is 0 Å². The highest BCUT2D eigenvalue weighted by Gasteiger charge is 2.23. The van der Waals surface area contributed by atoms with Crippen molar-refractivity contribution in [2.45, 2.75) is 32.0 Å². The van der Waals surface area contributed by atoms with E-state index in [1.807, 2.05) is 6.92 Å². The molecule has 0 aliphatic carbocycles. The fourth-order valence-corrected chi connectivity index (χ4v) is 2.35. The molecule has 0 bridgehead atoms. The number of rotatable bonds is 3. The molecular formula is C15H16N2O3. The largest absolute Gasteiger partial charge is 0.459 e. The van der Waals surface area contributed by atoms with Crippen molar-refractivity contribution in [1.29, 1.82) is 0 Å². The second kappa shape index (κ2) is 5.54. The van der Waals surface area contributed by atoms with Crippen LogP contribution in [0.5, 0.6) is 0 Å². The Morgan fingerprint density at radius 3 is 2.85 bits per heavy atom. The molecule has 2 aromatic rings. The van der Waals surface area contributed by atoms with Gasteiger partial charge < -0.3 is 9.47 Å². The summed E-state index contributed by atoms with van der Waals surface area (Å²) in [5.74, 6) is -0.347. The second-order valence-corrected chi connectivity index (χ2v) is 5.00. The Balaban J connectivity index is 1.66. The van der Waals surface area contributed by atoms with Crippen molar-refractivity contribution < 1.29 is 14.3 Å². The molecule has 5 heteroatoms. The summed E-state index contributed by atoms with van der Waals surface area (Å²) >= 11 is 0. The summed E-state index contributed by atoms with van der Waals surface area (Å²) in [6.45, 7) is 2.34. The van der Waals surface area contributed by atoms with E-state index in [2.05, 4.69) is 9.97 Å². The molecule has 0 unspecified atom stereocenters. The van der Waals surface area contributed by atoms with Gasteiger partial charge in [-0.3, -0.25) is 9.97 Å². The molecule has 20 heavy (non-hydrogen) atoms. The van der Waals surface area contributed by atoms with E-state index < -0.39 is 0 Å². The molecule has 0 spiro atoms. The minimum Gasteiger partial charge on any atom is -0.459 e. The number of nitrogens with zero attached hydrogens (tertiary/aromatic N) is 2. The maximum Gasteiger partial charge on any atom is 0.338 e. The minimum absolute atomic E-state index is 0.0224. The van der Waals surface area contributed by atoms with Gasteiger partial charge in [-0.2, -0.15) is 0 Å². The number of esters is 1. The van der Waals surface area contributed by atoms with Gasteiger partial charge in [0.05, 0.1) is 28.8 Å². The van der Waals surface area contributed by atoms with Crippen molar-refractivity contribution in [3.05, 3.63) is 36.2 Å². The van der Waals surface area contributed by atoms with Gasteiger partial charge in [0.1, 0.15) is 6.61 Å².